The lowest BCUT2D eigenvalue weighted by Gasteiger charge is -2.24. The smallest absolute Gasteiger partial charge is 0.220 e. The van der Waals surface area contributed by atoms with E-state index in [9.17, 15) is 4.79 Å². The topological polar surface area (TPSA) is 59.8 Å². The molecule has 0 radical (unpaired) electrons. The third-order valence-electron chi connectivity index (χ3n) is 3.70. The summed E-state index contributed by atoms with van der Waals surface area (Å²) in [6, 6.07) is 4.12. The van der Waals surface area contributed by atoms with Gasteiger partial charge in [-0.3, -0.25) is 9.78 Å². The van der Waals surface area contributed by atoms with Gasteiger partial charge < -0.3 is 9.88 Å². The van der Waals surface area contributed by atoms with Crippen molar-refractivity contribution in [3.63, 3.8) is 0 Å². The van der Waals surface area contributed by atoms with Crippen LogP contribution >= 0.6 is 0 Å². The SMILES string of the molecule is O=C(CCc1ccncc1)NC1CCn2ccnc2C1. The van der Waals surface area contributed by atoms with E-state index in [0.29, 0.717) is 6.42 Å². The largest absolute Gasteiger partial charge is 0.353 e. The summed E-state index contributed by atoms with van der Waals surface area (Å²) in [6.45, 7) is 0.935. The number of amides is 1. The van der Waals surface area contributed by atoms with Gasteiger partial charge >= 0.3 is 0 Å². The van der Waals surface area contributed by atoms with E-state index in [0.717, 1.165) is 37.2 Å². The highest BCUT2D eigenvalue weighted by molar-refractivity contribution is 5.76. The first-order valence-corrected chi connectivity index (χ1v) is 6.99. The summed E-state index contributed by atoms with van der Waals surface area (Å²) in [5.74, 6) is 1.18. The van der Waals surface area contributed by atoms with E-state index in [1.165, 1.54) is 0 Å². The second kappa shape index (κ2) is 5.86. The Morgan fingerprint density at radius 2 is 2.20 bits per heavy atom. The first-order chi connectivity index (χ1) is 9.81. The van der Waals surface area contributed by atoms with Gasteiger partial charge in [0, 0.05) is 50.2 Å². The van der Waals surface area contributed by atoms with E-state index < -0.39 is 0 Å². The molecular weight excluding hydrogens is 252 g/mol. The number of nitrogens with one attached hydrogen (secondary N) is 1. The van der Waals surface area contributed by atoms with Crippen molar-refractivity contribution < 1.29 is 4.79 Å². The quantitative estimate of drug-likeness (QED) is 0.912. The molecule has 3 rings (SSSR count). The number of hydrogen-bond donors (Lipinski definition) is 1. The fourth-order valence-electron chi connectivity index (χ4n) is 2.58. The Bertz CT molecular complexity index is 579. The van der Waals surface area contributed by atoms with Crippen LogP contribution in [0.15, 0.2) is 36.9 Å². The van der Waals surface area contributed by atoms with Crippen LogP contribution in [-0.4, -0.2) is 26.5 Å². The van der Waals surface area contributed by atoms with Crippen molar-refractivity contribution in [2.45, 2.75) is 38.3 Å². The van der Waals surface area contributed by atoms with Crippen molar-refractivity contribution in [2.75, 3.05) is 0 Å². The summed E-state index contributed by atoms with van der Waals surface area (Å²) in [4.78, 5) is 20.3. The van der Waals surface area contributed by atoms with E-state index in [2.05, 4.69) is 19.9 Å². The van der Waals surface area contributed by atoms with Gasteiger partial charge in [-0.25, -0.2) is 4.98 Å². The van der Waals surface area contributed by atoms with Crippen LogP contribution < -0.4 is 5.32 Å². The second-order valence-corrected chi connectivity index (χ2v) is 5.15. The van der Waals surface area contributed by atoms with Crippen LogP contribution in [0.3, 0.4) is 0 Å². The zero-order valence-electron chi connectivity index (χ0n) is 11.3. The minimum absolute atomic E-state index is 0.117. The number of hydrogen-bond acceptors (Lipinski definition) is 3. The molecule has 3 heterocycles. The van der Waals surface area contributed by atoms with Gasteiger partial charge in [-0.1, -0.05) is 0 Å². The third-order valence-corrected chi connectivity index (χ3v) is 3.70. The Kier molecular flexibility index (Phi) is 3.76. The molecular formula is C15H18N4O. The average molecular weight is 270 g/mol. The van der Waals surface area contributed by atoms with Crippen molar-refractivity contribution in [3.05, 3.63) is 48.3 Å². The van der Waals surface area contributed by atoms with Crippen molar-refractivity contribution in [1.29, 1.82) is 0 Å². The molecule has 20 heavy (non-hydrogen) atoms. The van der Waals surface area contributed by atoms with Crippen LogP contribution in [0, 0.1) is 0 Å². The van der Waals surface area contributed by atoms with Crippen LogP contribution in [0.25, 0.3) is 0 Å². The highest BCUT2D eigenvalue weighted by Gasteiger charge is 2.20. The second-order valence-electron chi connectivity index (χ2n) is 5.15. The van der Waals surface area contributed by atoms with Crippen LogP contribution in [0.1, 0.15) is 24.2 Å². The predicted octanol–water partition coefficient (Wildman–Crippen LogP) is 1.34. The molecule has 0 saturated carbocycles. The molecule has 0 aromatic carbocycles. The van der Waals surface area contributed by atoms with Gasteiger partial charge in [-0.15, -0.1) is 0 Å². The standard InChI is InChI=1S/C15H18N4O/c20-15(2-1-12-3-6-16-7-4-12)18-13-5-9-19-10-8-17-14(19)11-13/h3-4,6-8,10,13H,1-2,5,9,11H2,(H,18,20). The molecule has 1 aliphatic heterocycles. The van der Waals surface area contributed by atoms with Crippen LogP contribution in [0.2, 0.25) is 0 Å². The molecule has 2 aromatic rings. The van der Waals surface area contributed by atoms with Crippen LogP contribution in [0.4, 0.5) is 0 Å². The zero-order valence-corrected chi connectivity index (χ0v) is 11.3. The van der Waals surface area contributed by atoms with E-state index in [1.54, 1.807) is 12.4 Å². The Balaban J connectivity index is 1.48. The number of rotatable bonds is 4. The lowest BCUT2D eigenvalue weighted by Crippen LogP contribution is -2.40. The Hall–Kier alpha value is -2.17. The predicted molar refractivity (Wildman–Crippen MR) is 75.0 cm³/mol. The summed E-state index contributed by atoms with van der Waals surface area (Å²) >= 11 is 0. The first kappa shape index (κ1) is 12.8. The lowest BCUT2D eigenvalue weighted by atomic mass is 10.1. The average Bonchev–Trinajstić information content (AvgIpc) is 2.94. The molecule has 2 aromatic heterocycles. The number of carbonyl (C=O) groups is 1. The Morgan fingerprint density at radius 1 is 1.35 bits per heavy atom. The lowest BCUT2D eigenvalue weighted by molar-refractivity contribution is -0.121. The molecule has 0 fully saturated rings. The van der Waals surface area contributed by atoms with Gasteiger partial charge in [-0.2, -0.15) is 0 Å². The highest BCUT2D eigenvalue weighted by Crippen LogP contribution is 2.13. The molecule has 5 nitrogen and oxygen atoms in total. The highest BCUT2D eigenvalue weighted by atomic mass is 16.1. The number of pyridine rings is 1. The summed E-state index contributed by atoms with van der Waals surface area (Å²) in [5, 5.41) is 3.11. The minimum atomic E-state index is 0.117. The fraction of sp³-hybridized carbons (Fsp3) is 0.400. The minimum Gasteiger partial charge on any atom is -0.353 e. The van der Waals surface area contributed by atoms with Crippen molar-refractivity contribution in [3.8, 4) is 0 Å². The van der Waals surface area contributed by atoms with Crippen LogP contribution in [0.5, 0.6) is 0 Å². The van der Waals surface area contributed by atoms with E-state index in [1.807, 2.05) is 24.5 Å². The first-order valence-electron chi connectivity index (χ1n) is 6.99. The number of imidazole rings is 1. The number of carbonyl (C=O) groups excluding carboxylic acids is 1. The fourth-order valence-corrected chi connectivity index (χ4v) is 2.58. The van der Waals surface area contributed by atoms with Crippen LogP contribution in [-0.2, 0) is 24.2 Å². The van der Waals surface area contributed by atoms with E-state index in [-0.39, 0.29) is 11.9 Å². The van der Waals surface area contributed by atoms with E-state index >= 15 is 0 Å². The molecule has 1 amide bonds. The summed E-state index contributed by atoms with van der Waals surface area (Å²) in [7, 11) is 0. The van der Waals surface area contributed by atoms with Gasteiger partial charge in [-0.05, 0) is 30.5 Å². The molecule has 1 aliphatic rings. The molecule has 104 valence electrons. The molecule has 1 unspecified atom stereocenters. The van der Waals surface area contributed by atoms with Crippen molar-refractivity contribution in [1.82, 2.24) is 19.9 Å². The number of aryl methyl sites for hydroxylation is 2. The molecule has 5 heteroatoms. The molecule has 0 aliphatic carbocycles. The molecule has 0 saturated heterocycles. The molecule has 0 spiro atoms. The Morgan fingerprint density at radius 3 is 3.05 bits per heavy atom. The van der Waals surface area contributed by atoms with Gasteiger partial charge in [0.05, 0.1) is 0 Å². The van der Waals surface area contributed by atoms with Crippen molar-refractivity contribution in [2.24, 2.45) is 0 Å². The van der Waals surface area contributed by atoms with Gasteiger partial charge in [0.15, 0.2) is 0 Å². The molecule has 1 N–H and O–H groups in total. The summed E-state index contributed by atoms with van der Waals surface area (Å²) in [5.41, 5.74) is 1.15. The van der Waals surface area contributed by atoms with Gasteiger partial charge in [0.25, 0.3) is 0 Å². The number of aromatic nitrogens is 3. The normalized spacial score (nSPS) is 17.5. The molecule has 0 bridgehead atoms. The third kappa shape index (κ3) is 3.04. The van der Waals surface area contributed by atoms with Gasteiger partial charge in [0.1, 0.15) is 5.82 Å². The van der Waals surface area contributed by atoms with E-state index in [4.69, 9.17) is 0 Å². The summed E-state index contributed by atoms with van der Waals surface area (Å²) in [6.07, 6.45) is 10.4. The van der Waals surface area contributed by atoms with Crippen molar-refractivity contribution >= 4 is 5.91 Å². The maximum atomic E-state index is 12.0. The Labute approximate surface area is 118 Å². The van der Waals surface area contributed by atoms with Gasteiger partial charge in [0.2, 0.25) is 5.91 Å². The zero-order chi connectivity index (χ0) is 13.8. The maximum absolute atomic E-state index is 12.0. The molecule has 1 atom stereocenters. The maximum Gasteiger partial charge on any atom is 0.220 e. The number of nitrogens with zero attached hydrogens (tertiary/aromatic N) is 3. The number of fused-ring (bicyclic) bond motifs is 1. The monoisotopic (exact) mass is 270 g/mol. The summed E-state index contributed by atoms with van der Waals surface area (Å²) < 4.78 is 2.15.